The van der Waals surface area contributed by atoms with E-state index in [4.69, 9.17) is 4.74 Å². The van der Waals surface area contributed by atoms with Gasteiger partial charge in [-0.25, -0.2) is 8.42 Å². The summed E-state index contributed by atoms with van der Waals surface area (Å²) in [5, 5.41) is 2.76. The number of benzene rings is 2. The molecule has 0 saturated heterocycles. The van der Waals surface area contributed by atoms with Gasteiger partial charge in [0.15, 0.2) is 9.84 Å². The van der Waals surface area contributed by atoms with Crippen molar-refractivity contribution in [3.63, 3.8) is 0 Å². The first-order chi connectivity index (χ1) is 12.4. The monoisotopic (exact) mass is 375 g/mol. The number of hydrogen-bond donors (Lipinski definition) is 1. The molecule has 0 aliphatic heterocycles. The number of sulfone groups is 1. The fourth-order valence-corrected chi connectivity index (χ4v) is 3.11. The molecular formula is C20H25NO4S. The van der Waals surface area contributed by atoms with Crippen molar-refractivity contribution in [1.29, 1.82) is 0 Å². The van der Waals surface area contributed by atoms with E-state index < -0.39 is 9.84 Å². The van der Waals surface area contributed by atoms with Crippen molar-refractivity contribution in [2.45, 2.75) is 37.5 Å². The van der Waals surface area contributed by atoms with Gasteiger partial charge in [-0.3, -0.25) is 4.79 Å². The first-order valence-corrected chi connectivity index (χ1v) is 10.6. The van der Waals surface area contributed by atoms with Gasteiger partial charge in [0.1, 0.15) is 5.75 Å². The van der Waals surface area contributed by atoms with E-state index in [1.807, 2.05) is 6.07 Å². The summed E-state index contributed by atoms with van der Waals surface area (Å²) >= 11 is 0. The van der Waals surface area contributed by atoms with Gasteiger partial charge in [-0.05, 0) is 36.8 Å². The molecular weight excluding hydrogens is 350 g/mol. The Kier molecular flexibility index (Phi) is 7.21. The van der Waals surface area contributed by atoms with E-state index >= 15 is 0 Å². The summed E-state index contributed by atoms with van der Waals surface area (Å²) in [6, 6.07) is 13.3. The van der Waals surface area contributed by atoms with Gasteiger partial charge in [-0.1, -0.05) is 44.4 Å². The van der Waals surface area contributed by atoms with Crippen LogP contribution in [0.25, 0.3) is 0 Å². The van der Waals surface area contributed by atoms with Crippen LogP contribution < -0.4 is 10.1 Å². The fraction of sp³-hybridized carbons (Fsp3) is 0.350. The molecule has 5 nitrogen and oxygen atoms in total. The summed E-state index contributed by atoms with van der Waals surface area (Å²) in [6.45, 7) is 2.66. The van der Waals surface area contributed by atoms with Crippen LogP contribution in [0.5, 0.6) is 5.75 Å². The molecule has 2 rings (SSSR count). The molecule has 0 spiro atoms. The van der Waals surface area contributed by atoms with Crippen molar-refractivity contribution < 1.29 is 17.9 Å². The van der Waals surface area contributed by atoms with Gasteiger partial charge in [0, 0.05) is 11.8 Å². The molecule has 2 aromatic rings. The van der Waals surface area contributed by atoms with E-state index in [0.29, 0.717) is 23.6 Å². The summed E-state index contributed by atoms with van der Waals surface area (Å²) in [4.78, 5) is 12.6. The molecule has 0 radical (unpaired) electrons. The molecule has 0 bridgehead atoms. The summed E-state index contributed by atoms with van der Waals surface area (Å²) in [7, 11) is -3.38. The number of carbonyl (C=O) groups is 1. The summed E-state index contributed by atoms with van der Waals surface area (Å²) < 4.78 is 29.4. The second-order valence-corrected chi connectivity index (χ2v) is 8.18. The Morgan fingerprint density at radius 2 is 1.77 bits per heavy atom. The van der Waals surface area contributed by atoms with E-state index in [1.165, 1.54) is 12.1 Å². The highest BCUT2D eigenvalue weighted by Gasteiger charge is 2.15. The minimum atomic E-state index is -3.38. The fourth-order valence-electron chi connectivity index (χ4n) is 2.46. The lowest BCUT2D eigenvalue weighted by Gasteiger charge is -2.14. The largest absolute Gasteiger partial charge is 0.491 e. The van der Waals surface area contributed by atoms with Crippen LogP contribution in [-0.2, 0) is 9.84 Å². The van der Waals surface area contributed by atoms with Crippen molar-refractivity contribution in [3.05, 3.63) is 54.1 Å². The zero-order chi connectivity index (χ0) is 19.0. The predicted octanol–water partition coefficient (Wildman–Crippen LogP) is 4.30. The summed E-state index contributed by atoms with van der Waals surface area (Å²) in [5.41, 5.74) is 0.850. The van der Waals surface area contributed by atoms with Gasteiger partial charge in [0.05, 0.1) is 17.2 Å². The van der Waals surface area contributed by atoms with Crippen LogP contribution in [0, 0.1) is 0 Å². The lowest BCUT2D eigenvalue weighted by Crippen LogP contribution is -2.13. The van der Waals surface area contributed by atoms with Crippen molar-refractivity contribution in [3.8, 4) is 5.75 Å². The topological polar surface area (TPSA) is 72.5 Å². The lowest BCUT2D eigenvalue weighted by atomic mass is 10.2. The Morgan fingerprint density at radius 3 is 2.42 bits per heavy atom. The standard InChI is InChI=1S/C20H25NO4S/c1-3-4-5-9-14-25-19-13-12-17(26(2,23)24)15-18(19)21-20(22)16-10-7-6-8-11-16/h6-8,10-13,15H,3-5,9,14H2,1-2H3,(H,21,22). The highest BCUT2D eigenvalue weighted by molar-refractivity contribution is 7.90. The average molecular weight is 375 g/mol. The maximum atomic E-state index is 12.4. The normalized spacial score (nSPS) is 11.2. The molecule has 1 amide bonds. The molecule has 0 heterocycles. The van der Waals surface area contributed by atoms with E-state index in [2.05, 4.69) is 12.2 Å². The molecule has 0 saturated carbocycles. The Morgan fingerprint density at radius 1 is 1.04 bits per heavy atom. The number of nitrogens with one attached hydrogen (secondary N) is 1. The first kappa shape index (κ1) is 20.0. The number of carbonyl (C=O) groups excluding carboxylic acids is 1. The molecule has 0 aromatic heterocycles. The number of hydrogen-bond acceptors (Lipinski definition) is 4. The van der Waals surface area contributed by atoms with Crippen LogP contribution in [0.1, 0.15) is 43.0 Å². The highest BCUT2D eigenvalue weighted by Crippen LogP contribution is 2.28. The van der Waals surface area contributed by atoms with Crippen molar-refractivity contribution in [2.75, 3.05) is 18.2 Å². The van der Waals surface area contributed by atoms with Crippen LogP contribution in [0.3, 0.4) is 0 Å². The number of amides is 1. The first-order valence-electron chi connectivity index (χ1n) is 8.75. The molecule has 6 heteroatoms. The van der Waals surface area contributed by atoms with Gasteiger partial charge < -0.3 is 10.1 Å². The van der Waals surface area contributed by atoms with E-state index in [9.17, 15) is 13.2 Å². The van der Waals surface area contributed by atoms with E-state index in [1.54, 1.807) is 30.3 Å². The second-order valence-electron chi connectivity index (χ2n) is 6.16. The Labute approximate surface area is 155 Å². The molecule has 0 fully saturated rings. The third-order valence-electron chi connectivity index (χ3n) is 3.92. The third kappa shape index (κ3) is 5.88. The van der Waals surface area contributed by atoms with Crippen LogP contribution in [-0.4, -0.2) is 27.2 Å². The van der Waals surface area contributed by atoms with Crippen LogP contribution >= 0.6 is 0 Å². The minimum absolute atomic E-state index is 0.138. The van der Waals surface area contributed by atoms with Crippen LogP contribution in [0.2, 0.25) is 0 Å². The van der Waals surface area contributed by atoms with E-state index in [-0.39, 0.29) is 10.8 Å². The number of anilines is 1. The van der Waals surface area contributed by atoms with E-state index in [0.717, 1.165) is 31.9 Å². The second kappa shape index (κ2) is 9.38. The average Bonchev–Trinajstić information content (AvgIpc) is 2.62. The molecule has 0 unspecified atom stereocenters. The van der Waals surface area contributed by atoms with Gasteiger partial charge in [0.25, 0.3) is 5.91 Å². The molecule has 0 aliphatic carbocycles. The third-order valence-corrected chi connectivity index (χ3v) is 5.03. The van der Waals surface area contributed by atoms with Crippen molar-refractivity contribution in [2.24, 2.45) is 0 Å². The molecule has 2 aromatic carbocycles. The SMILES string of the molecule is CCCCCCOc1ccc(S(C)(=O)=O)cc1NC(=O)c1ccccc1. The van der Waals surface area contributed by atoms with Gasteiger partial charge in [-0.15, -0.1) is 0 Å². The molecule has 140 valence electrons. The van der Waals surface area contributed by atoms with Gasteiger partial charge >= 0.3 is 0 Å². The number of ether oxygens (including phenoxy) is 1. The summed E-state index contributed by atoms with van der Waals surface area (Å²) in [6.07, 6.45) is 5.41. The zero-order valence-electron chi connectivity index (χ0n) is 15.2. The Hall–Kier alpha value is -2.34. The quantitative estimate of drug-likeness (QED) is 0.663. The molecule has 0 atom stereocenters. The molecule has 1 N–H and O–H groups in total. The smallest absolute Gasteiger partial charge is 0.255 e. The Bertz CT molecular complexity index is 832. The van der Waals surface area contributed by atoms with Crippen LogP contribution in [0.15, 0.2) is 53.4 Å². The van der Waals surface area contributed by atoms with Gasteiger partial charge in [-0.2, -0.15) is 0 Å². The lowest BCUT2D eigenvalue weighted by molar-refractivity contribution is 0.102. The van der Waals surface area contributed by atoms with Crippen molar-refractivity contribution >= 4 is 21.4 Å². The predicted molar refractivity (Wildman–Crippen MR) is 104 cm³/mol. The summed E-state index contributed by atoms with van der Waals surface area (Å²) in [5.74, 6) is 0.158. The number of unbranched alkanes of at least 4 members (excludes halogenated alkanes) is 3. The van der Waals surface area contributed by atoms with Crippen molar-refractivity contribution in [1.82, 2.24) is 0 Å². The van der Waals surface area contributed by atoms with Crippen LogP contribution in [0.4, 0.5) is 5.69 Å². The highest BCUT2D eigenvalue weighted by atomic mass is 32.2. The maximum Gasteiger partial charge on any atom is 0.255 e. The zero-order valence-corrected chi connectivity index (χ0v) is 16.0. The maximum absolute atomic E-state index is 12.4. The Balaban J connectivity index is 2.20. The molecule has 0 aliphatic rings. The number of rotatable bonds is 9. The molecule has 26 heavy (non-hydrogen) atoms. The van der Waals surface area contributed by atoms with Gasteiger partial charge in [0.2, 0.25) is 0 Å². The minimum Gasteiger partial charge on any atom is -0.491 e.